The normalized spacial score (nSPS) is 34.3. The molecule has 0 amide bonds. The fourth-order valence-corrected chi connectivity index (χ4v) is 6.98. The van der Waals surface area contributed by atoms with Crippen LogP contribution < -0.4 is 5.56 Å². The fourth-order valence-electron chi connectivity index (χ4n) is 5.96. The Morgan fingerprint density at radius 3 is 2.29 bits per heavy atom. The monoisotopic (exact) mass is 590 g/mol. The van der Waals surface area contributed by atoms with Crippen molar-refractivity contribution in [3.05, 3.63) is 34.7 Å². The third-order valence-corrected chi connectivity index (χ3v) is 13.5. The van der Waals surface area contributed by atoms with Crippen LogP contribution in [0, 0.1) is 0 Å². The van der Waals surface area contributed by atoms with Gasteiger partial charge in [0.05, 0.1) is 25.6 Å². The highest BCUT2D eigenvalue weighted by Crippen LogP contribution is 2.45. The smallest absolute Gasteiger partial charge is 0.282 e. The zero-order valence-corrected chi connectivity index (χ0v) is 26.3. The van der Waals surface area contributed by atoms with E-state index >= 15 is 0 Å². The van der Waals surface area contributed by atoms with Crippen LogP contribution in [0.4, 0.5) is 0 Å². The van der Waals surface area contributed by atoms with Gasteiger partial charge in [0.2, 0.25) is 0 Å². The van der Waals surface area contributed by atoms with Gasteiger partial charge in [-0.15, -0.1) is 0 Å². The number of aromatic nitrogens is 4. The number of rotatable bonds is 6. The van der Waals surface area contributed by atoms with Crippen LogP contribution in [-0.2, 0) is 28.1 Å². The Morgan fingerprint density at radius 2 is 1.61 bits per heavy atom. The minimum atomic E-state index is -2.03. The highest BCUT2D eigenvalue weighted by Gasteiger charge is 2.57. The van der Waals surface area contributed by atoms with E-state index in [4.69, 9.17) is 28.1 Å². The molecule has 2 aromatic rings. The molecule has 7 atom stereocenters. The molecule has 0 saturated carbocycles. The van der Waals surface area contributed by atoms with Gasteiger partial charge in [-0.25, -0.2) is 9.97 Å². The van der Waals surface area contributed by atoms with Crippen LogP contribution in [0.25, 0.3) is 11.2 Å². The summed E-state index contributed by atoms with van der Waals surface area (Å²) in [6.45, 7) is 18.6. The van der Waals surface area contributed by atoms with Crippen molar-refractivity contribution in [1.29, 1.82) is 0 Å². The molecule has 0 unspecified atom stereocenters. The predicted octanol–water partition coefficient (Wildman–Crippen LogP) is 3.03. The third kappa shape index (κ3) is 4.84. The molecule has 0 spiro atoms. The summed E-state index contributed by atoms with van der Waals surface area (Å²) in [4.78, 5) is 22.9. The summed E-state index contributed by atoms with van der Waals surface area (Å²) >= 11 is 0. The maximum Gasteiger partial charge on any atom is 0.282 e. The second-order valence-corrected chi connectivity index (χ2v) is 18.7. The van der Waals surface area contributed by atoms with Gasteiger partial charge in [0.15, 0.2) is 37.3 Å². The van der Waals surface area contributed by atoms with E-state index in [-0.39, 0.29) is 34.9 Å². The number of hydrogen-bond acceptors (Lipinski definition) is 10. The molecule has 0 radical (unpaired) electrons. The van der Waals surface area contributed by atoms with Gasteiger partial charge in [-0.2, -0.15) is 0 Å². The topological polar surface area (TPSA) is 128 Å². The molecule has 0 bridgehead atoms. The van der Waals surface area contributed by atoms with Gasteiger partial charge in [-0.05, 0) is 51.4 Å². The van der Waals surface area contributed by atoms with Gasteiger partial charge < -0.3 is 33.2 Å². The highest BCUT2D eigenvalue weighted by atomic mass is 28.4. The molecule has 0 aromatic carbocycles. The van der Waals surface area contributed by atoms with Gasteiger partial charge >= 0.3 is 0 Å². The van der Waals surface area contributed by atoms with Crippen molar-refractivity contribution in [3.8, 4) is 0 Å². The molecule has 2 aromatic heterocycles. The summed E-state index contributed by atoms with van der Waals surface area (Å²) < 4.78 is 41.0. The van der Waals surface area contributed by atoms with E-state index in [0.29, 0.717) is 17.8 Å². The van der Waals surface area contributed by atoms with Gasteiger partial charge in [-0.1, -0.05) is 26.8 Å². The van der Waals surface area contributed by atoms with Crippen molar-refractivity contribution in [1.82, 2.24) is 19.1 Å². The molecule has 3 saturated heterocycles. The number of nitrogens with zero attached hydrogens (tertiary/aromatic N) is 4. The molecule has 226 valence electrons. The summed E-state index contributed by atoms with van der Waals surface area (Å²) in [5.41, 5.74) is 0.949. The summed E-state index contributed by atoms with van der Waals surface area (Å²) in [7, 11) is -2.03. The second kappa shape index (κ2) is 9.51. The van der Waals surface area contributed by atoms with Crippen molar-refractivity contribution in [2.75, 3.05) is 13.2 Å². The lowest BCUT2D eigenvalue weighted by Crippen LogP contribution is -2.44. The van der Waals surface area contributed by atoms with E-state index in [9.17, 15) is 9.90 Å². The number of hydrogen-bond donors (Lipinski definition) is 1. The molecule has 4 aliphatic rings. The number of aliphatic hydroxyl groups is 1. The third-order valence-electron chi connectivity index (χ3n) is 9.04. The van der Waals surface area contributed by atoms with E-state index in [0.717, 1.165) is 0 Å². The van der Waals surface area contributed by atoms with E-state index < -0.39 is 50.5 Å². The molecule has 12 nitrogen and oxygen atoms in total. The first-order valence-corrected chi connectivity index (χ1v) is 17.2. The van der Waals surface area contributed by atoms with E-state index in [1.807, 2.05) is 33.8 Å². The molecule has 5 heterocycles. The zero-order valence-electron chi connectivity index (χ0n) is 25.3. The van der Waals surface area contributed by atoms with E-state index in [1.54, 1.807) is 10.9 Å². The van der Waals surface area contributed by atoms with Crippen molar-refractivity contribution < 1.29 is 33.2 Å². The van der Waals surface area contributed by atoms with E-state index in [1.165, 1.54) is 10.9 Å². The maximum absolute atomic E-state index is 13.7. The molecule has 6 rings (SSSR count). The number of fused-ring (bicyclic) bond motifs is 3. The lowest BCUT2D eigenvalue weighted by Gasteiger charge is -2.37. The second-order valence-electron chi connectivity index (χ2n) is 13.9. The van der Waals surface area contributed by atoms with Crippen LogP contribution >= 0.6 is 0 Å². The Kier molecular flexibility index (Phi) is 6.76. The van der Waals surface area contributed by atoms with Crippen LogP contribution in [-0.4, -0.2) is 87.8 Å². The summed E-state index contributed by atoms with van der Waals surface area (Å²) in [5.74, 6) is -1.63. The average molecular weight is 591 g/mol. The number of ether oxygens (including phenoxy) is 5. The molecular formula is C28H42N4O8Si. The molecule has 13 heteroatoms. The van der Waals surface area contributed by atoms with Crippen molar-refractivity contribution in [2.45, 2.75) is 121 Å². The van der Waals surface area contributed by atoms with Crippen LogP contribution in [0.3, 0.4) is 0 Å². The Balaban J connectivity index is 1.30. The zero-order chi connectivity index (χ0) is 29.7. The number of aliphatic hydroxyl groups excluding tert-OH is 1. The SMILES string of the molecule is CC1(C)O[C@@H]2[C@H](O1)[C@@H](CO[Si](C)(C)C(C)(C)C)O[C@H]2n1cnc2c(=O)n([C@@H]3C=C(CO)[C@H]4OC(C)(C)O[C@H]43)cnc21. The summed E-state index contributed by atoms with van der Waals surface area (Å²) in [6.07, 6.45) is 2.24. The van der Waals surface area contributed by atoms with Gasteiger partial charge in [0.25, 0.3) is 5.56 Å². The number of imidazole rings is 1. The Morgan fingerprint density at radius 1 is 0.976 bits per heavy atom. The highest BCUT2D eigenvalue weighted by molar-refractivity contribution is 6.74. The fraction of sp³-hybridized carbons (Fsp3) is 0.750. The quantitative estimate of drug-likeness (QED) is 0.396. The van der Waals surface area contributed by atoms with Gasteiger partial charge in [0, 0.05) is 0 Å². The average Bonchev–Trinajstić information content (AvgIpc) is 3.63. The van der Waals surface area contributed by atoms with Crippen molar-refractivity contribution in [2.24, 2.45) is 0 Å². The van der Waals surface area contributed by atoms with Gasteiger partial charge in [-0.3, -0.25) is 13.9 Å². The minimum absolute atomic E-state index is 0.0545. The van der Waals surface area contributed by atoms with Gasteiger partial charge in [0.1, 0.15) is 36.8 Å². The van der Waals surface area contributed by atoms with Crippen LogP contribution in [0.2, 0.25) is 18.1 Å². The lowest BCUT2D eigenvalue weighted by atomic mass is 10.1. The van der Waals surface area contributed by atoms with Crippen LogP contribution in [0.15, 0.2) is 29.1 Å². The molecule has 1 aliphatic carbocycles. The molecule has 1 N–H and O–H groups in total. The summed E-state index contributed by atoms with van der Waals surface area (Å²) in [5, 5.41) is 9.96. The molecule has 3 fully saturated rings. The minimum Gasteiger partial charge on any atom is -0.414 e. The first kappa shape index (κ1) is 29.1. The maximum atomic E-state index is 13.7. The molecular weight excluding hydrogens is 548 g/mol. The Bertz CT molecular complexity index is 1430. The molecule has 41 heavy (non-hydrogen) atoms. The Labute approximate surface area is 240 Å². The predicted molar refractivity (Wildman–Crippen MR) is 151 cm³/mol. The Hall–Kier alpha value is -1.97. The summed E-state index contributed by atoms with van der Waals surface area (Å²) in [6, 6.07) is -0.491. The first-order chi connectivity index (χ1) is 19.0. The first-order valence-electron chi connectivity index (χ1n) is 14.3. The van der Waals surface area contributed by atoms with Crippen LogP contribution in [0.5, 0.6) is 0 Å². The van der Waals surface area contributed by atoms with E-state index in [2.05, 4.69) is 43.8 Å². The lowest BCUT2D eigenvalue weighted by molar-refractivity contribution is -0.199. The van der Waals surface area contributed by atoms with Crippen molar-refractivity contribution in [3.63, 3.8) is 0 Å². The largest absolute Gasteiger partial charge is 0.414 e. The van der Waals surface area contributed by atoms with Crippen molar-refractivity contribution >= 4 is 19.5 Å². The standard InChI is InChI=1S/C28H42N4O8Si/c1-26(2,3)41(8,9)35-12-17-21-22(40-28(6,7)39-21)25(36-17)32-13-29-18-23(32)30-14-31(24(18)34)16-10-15(11-33)19-20(16)38-27(4,5)37-19/h10,13-14,16-17,19-22,25,33H,11-12H2,1-9H3/t16-,17-,19-,20+,21-,22-,25-/m1/s1. The van der Waals surface area contributed by atoms with Crippen LogP contribution in [0.1, 0.15) is 60.7 Å². The molecule has 3 aliphatic heterocycles.